The third-order valence-corrected chi connectivity index (χ3v) is 7.32. The molecule has 0 saturated carbocycles. The van der Waals surface area contributed by atoms with Gasteiger partial charge in [-0.2, -0.15) is 0 Å². The maximum atomic E-state index is 12.1. The Balaban J connectivity index is 0.00000529. The smallest absolute Gasteiger partial charge is 0.341 e. The van der Waals surface area contributed by atoms with Crippen LogP contribution < -0.4 is 9.47 Å². The van der Waals surface area contributed by atoms with Crippen LogP contribution in [0.25, 0.3) is 11.1 Å². The molecule has 0 saturated heterocycles. The SMILES string of the molecule is COC(=O)c1ccc(CN(CCCCC(=O)O)CCc2ccccc2OCc2ccc(-c3ccccc3)cc2)cc1OC.Cl. The van der Waals surface area contributed by atoms with Crippen LogP contribution in [-0.4, -0.2) is 49.3 Å². The van der Waals surface area contributed by atoms with E-state index in [-0.39, 0.29) is 18.8 Å². The number of carbonyl (C=O) groups is 2. The normalized spacial score (nSPS) is 10.6. The Labute approximate surface area is 265 Å². The second kappa shape index (κ2) is 17.7. The summed E-state index contributed by atoms with van der Waals surface area (Å²) in [6.45, 7) is 2.59. The van der Waals surface area contributed by atoms with Crippen molar-refractivity contribution in [3.05, 3.63) is 119 Å². The first-order valence-electron chi connectivity index (χ1n) is 14.5. The van der Waals surface area contributed by atoms with Crippen molar-refractivity contribution < 1.29 is 28.9 Å². The number of rotatable bonds is 16. The number of para-hydroxylation sites is 1. The Kier molecular flexibility index (Phi) is 13.7. The van der Waals surface area contributed by atoms with Gasteiger partial charge in [-0.25, -0.2) is 4.79 Å². The van der Waals surface area contributed by atoms with Gasteiger partial charge < -0.3 is 19.3 Å². The van der Waals surface area contributed by atoms with Crippen molar-refractivity contribution in [3.63, 3.8) is 0 Å². The second-order valence-corrected chi connectivity index (χ2v) is 10.4. The molecule has 44 heavy (non-hydrogen) atoms. The van der Waals surface area contributed by atoms with Crippen LogP contribution in [0.15, 0.2) is 97.1 Å². The number of ether oxygens (including phenoxy) is 3. The van der Waals surface area contributed by atoms with Gasteiger partial charge in [-0.15, -0.1) is 12.4 Å². The lowest BCUT2D eigenvalue weighted by atomic mass is 10.0. The summed E-state index contributed by atoms with van der Waals surface area (Å²) in [6, 6.07) is 32.3. The van der Waals surface area contributed by atoms with Gasteiger partial charge in [0.15, 0.2) is 0 Å². The van der Waals surface area contributed by atoms with E-state index in [1.807, 2.05) is 48.5 Å². The topological polar surface area (TPSA) is 85.3 Å². The summed E-state index contributed by atoms with van der Waals surface area (Å²) in [5, 5.41) is 9.06. The molecule has 4 aromatic carbocycles. The molecule has 0 aromatic heterocycles. The Morgan fingerprint density at radius 1 is 0.750 bits per heavy atom. The molecule has 0 aliphatic rings. The lowest BCUT2D eigenvalue weighted by molar-refractivity contribution is -0.137. The number of carboxylic acid groups (broad SMARTS) is 1. The Bertz CT molecular complexity index is 1480. The summed E-state index contributed by atoms with van der Waals surface area (Å²) < 4.78 is 16.6. The predicted molar refractivity (Wildman–Crippen MR) is 175 cm³/mol. The molecule has 0 atom stereocenters. The molecule has 8 heteroatoms. The highest BCUT2D eigenvalue weighted by molar-refractivity contribution is 5.92. The first kappa shape index (κ1) is 34.2. The largest absolute Gasteiger partial charge is 0.496 e. The minimum atomic E-state index is -0.782. The number of carbonyl (C=O) groups excluding carboxylic acids is 1. The lowest BCUT2D eigenvalue weighted by Gasteiger charge is -2.23. The molecular formula is C36H40ClNO6. The summed E-state index contributed by atoms with van der Waals surface area (Å²) in [7, 11) is 2.88. The van der Waals surface area contributed by atoms with Gasteiger partial charge in [0.05, 0.1) is 14.2 Å². The molecular weight excluding hydrogens is 578 g/mol. The maximum absolute atomic E-state index is 12.1. The van der Waals surface area contributed by atoms with Crippen LogP contribution in [0.5, 0.6) is 11.5 Å². The average molecular weight is 618 g/mol. The van der Waals surface area contributed by atoms with E-state index in [2.05, 4.69) is 47.4 Å². The van der Waals surface area contributed by atoms with Crippen LogP contribution in [0.2, 0.25) is 0 Å². The zero-order chi connectivity index (χ0) is 30.4. The van der Waals surface area contributed by atoms with E-state index in [1.165, 1.54) is 25.3 Å². The number of methoxy groups -OCH3 is 2. The number of benzene rings is 4. The van der Waals surface area contributed by atoms with Crippen LogP contribution in [0.1, 0.15) is 46.3 Å². The van der Waals surface area contributed by atoms with Gasteiger partial charge >= 0.3 is 11.9 Å². The van der Waals surface area contributed by atoms with Gasteiger partial charge in [-0.1, -0.05) is 78.9 Å². The van der Waals surface area contributed by atoms with Crippen molar-refractivity contribution >= 4 is 24.3 Å². The van der Waals surface area contributed by atoms with E-state index in [9.17, 15) is 9.59 Å². The van der Waals surface area contributed by atoms with E-state index < -0.39 is 11.9 Å². The average Bonchev–Trinajstić information content (AvgIpc) is 3.05. The Hall–Kier alpha value is -4.33. The molecule has 0 heterocycles. The summed E-state index contributed by atoms with van der Waals surface area (Å²) in [5.74, 6) is 0.0865. The van der Waals surface area contributed by atoms with Gasteiger partial charge in [0.1, 0.15) is 23.7 Å². The molecule has 0 aliphatic heterocycles. The zero-order valence-electron chi connectivity index (χ0n) is 25.2. The molecule has 7 nitrogen and oxygen atoms in total. The Morgan fingerprint density at radius 3 is 2.14 bits per heavy atom. The maximum Gasteiger partial charge on any atom is 0.341 e. The van der Waals surface area contributed by atoms with Crippen molar-refractivity contribution in [2.24, 2.45) is 0 Å². The molecule has 0 radical (unpaired) electrons. The third kappa shape index (κ3) is 10.1. The summed E-state index contributed by atoms with van der Waals surface area (Å²) in [5.41, 5.74) is 5.93. The number of hydrogen-bond acceptors (Lipinski definition) is 6. The van der Waals surface area contributed by atoms with E-state index in [1.54, 1.807) is 6.07 Å². The third-order valence-electron chi connectivity index (χ3n) is 7.32. The van der Waals surface area contributed by atoms with Crippen LogP contribution in [-0.2, 0) is 29.1 Å². The van der Waals surface area contributed by atoms with Crippen LogP contribution in [0.3, 0.4) is 0 Å². The van der Waals surface area contributed by atoms with Crippen molar-refractivity contribution in [3.8, 4) is 22.6 Å². The fourth-order valence-electron chi connectivity index (χ4n) is 4.97. The predicted octanol–water partition coefficient (Wildman–Crippen LogP) is 7.45. The highest BCUT2D eigenvalue weighted by Crippen LogP contribution is 2.25. The molecule has 232 valence electrons. The van der Waals surface area contributed by atoms with Gasteiger partial charge in [-0.3, -0.25) is 9.69 Å². The number of nitrogens with zero attached hydrogens (tertiary/aromatic N) is 1. The number of carboxylic acids is 1. The summed E-state index contributed by atoms with van der Waals surface area (Å²) >= 11 is 0. The Morgan fingerprint density at radius 2 is 1.43 bits per heavy atom. The van der Waals surface area contributed by atoms with Crippen LogP contribution in [0.4, 0.5) is 0 Å². The monoisotopic (exact) mass is 617 g/mol. The van der Waals surface area contributed by atoms with Crippen molar-refractivity contribution in [2.45, 2.75) is 38.8 Å². The lowest BCUT2D eigenvalue weighted by Crippen LogP contribution is -2.27. The van der Waals surface area contributed by atoms with Crippen LogP contribution in [0, 0.1) is 0 Å². The van der Waals surface area contributed by atoms with Crippen molar-refractivity contribution in [1.29, 1.82) is 0 Å². The standard InChI is InChI=1S/C36H39NO6.ClH/c1-41-34-24-28(17-20-32(34)36(40)42-2)25-37(22-9-8-14-35(38)39)23-21-31-12-6-7-13-33(31)43-26-27-15-18-30(19-16-27)29-10-4-3-5-11-29;/h3-7,10-13,15-20,24H,8-9,14,21-23,25-26H2,1-2H3,(H,38,39);1H. The molecule has 4 rings (SSSR count). The van der Waals surface area contributed by atoms with E-state index in [4.69, 9.17) is 19.3 Å². The van der Waals surface area contributed by atoms with Gasteiger partial charge in [-0.05, 0) is 71.8 Å². The molecule has 0 bridgehead atoms. The quantitative estimate of drug-likeness (QED) is 0.103. The second-order valence-electron chi connectivity index (χ2n) is 10.4. The summed E-state index contributed by atoms with van der Waals surface area (Å²) in [6.07, 6.45) is 2.29. The fraction of sp³-hybridized carbons (Fsp3) is 0.278. The zero-order valence-corrected chi connectivity index (χ0v) is 26.1. The van der Waals surface area contributed by atoms with Gasteiger partial charge in [0.25, 0.3) is 0 Å². The number of halogens is 1. The molecule has 0 fully saturated rings. The highest BCUT2D eigenvalue weighted by atomic mass is 35.5. The van der Waals surface area contributed by atoms with Crippen molar-refractivity contribution in [2.75, 3.05) is 27.3 Å². The van der Waals surface area contributed by atoms with E-state index >= 15 is 0 Å². The van der Waals surface area contributed by atoms with E-state index in [0.717, 1.165) is 48.4 Å². The summed E-state index contributed by atoms with van der Waals surface area (Å²) in [4.78, 5) is 25.4. The first-order valence-corrected chi connectivity index (χ1v) is 14.5. The van der Waals surface area contributed by atoms with Gasteiger partial charge in [0, 0.05) is 19.5 Å². The molecule has 0 aliphatic carbocycles. The van der Waals surface area contributed by atoms with Gasteiger partial charge in [0.2, 0.25) is 0 Å². The molecule has 4 aromatic rings. The number of unbranched alkanes of at least 4 members (excludes halogenated alkanes) is 1. The fourth-order valence-corrected chi connectivity index (χ4v) is 4.97. The van der Waals surface area contributed by atoms with E-state index in [0.29, 0.717) is 30.9 Å². The number of hydrogen-bond donors (Lipinski definition) is 1. The minimum absolute atomic E-state index is 0. The molecule has 0 unspecified atom stereocenters. The number of esters is 1. The highest BCUT2D eigenvalue weighted by Gasteiger charge is 2.15. The van der Waals surface area contributed by atoms with Crippen molar-refractivity contribution in [1.82, 2.24) is 4.90 Å². The first-order chi connectivity index (χ1) is 21.0. The number of aliphatic carboxylic acids is 1. The van der Waals surface area contributed by atoms with Crippen LogP contribution >= 0.6 is 12.4 Å². The minimum Gasteiger partial charge on any atom is -0.496 e. The molecule has 1 N–H and O–H groups in total. The molecule has 0 spiro atoms. The molecule has 0 amide bonds.